The Balaban J connectivity index is 1.68. The molecule has 1 fully saturated rings. The van der Waals surface area contributed by atoms with Crippen LogP contribution in [0, 0.1) is 0 Å². The minimum Gasteiger partial charge on any atom is -0.497 e. The Labute approximate surface area is 133 Å². The molecule has 2 aliphatic heterocycles. The summed E-state index contributed by atoms with van der Waals surface area (Å²) in [6.07, 6.45) is 0. The fourth-order valence-electron chi connectivity index (χ4n) is 3.13. The summed E-state index contributed by atoms with van der Waals surface area (Å²) in [5.41, 5.74) is 1.94. The Morgan fingerprint density at radius 3 is 2.48 bits per heavy atom. The van der Waals surface area contributed by atoms with Crippen molar-refractivity contribution < 1.29 is 23.7 Å². The van der Waals surface area contributed by atoms with Crippen molar-refractivity contribution in [2.45, 2.75) is 11.8 Å². The maximum Gasteiger partial charge on any atom is 0.314 e. The molecule has 23 heavy (non-hydrogen) atoms. The van der Waals surface area contributed by atoms with Gasteiger partial charge >= 0.3 is 5.97 Å². The van der Waals surface area contributed by atoms with Crippen molar-refractivity contribution in [2.75, 3.05) is 20.5 Å². The summed E-state index contributed by atoms with van der Waals surface area (Å²) < 4.78 is 21.3. The second-order valence-corrected chi connectivity index (χ2v) is 5.60. The van der Waals surface area contributed by atoms with Crippen LogP contribution in [0.4, 0.5) is 0 Å². The largest absolute Gasteiger partial charge is 0.497 e. The van der Waals surface area contributed by atoms with Crippen LogP contribution >= 0.6 is 0 Å². The van der Waals surface area contributed by atoms with Crippen LogP contribution in [0.2, 0.25) is 0 Å². The number of ether oxygens (including phenoxy) is 4. The SMILES string of the molecule is COc1ccc([C@@H]2C(=O)OC[C@H]2c2ccc3c(c2)OCO3)cc1. The number of carbonyl (C=O) groups excluding carboxylic acids is 1. The van der Waals surface area contributed by atoms with E-state index in [1.54, 1.807) is 7.11 Å². The van der Waals surface area contributed by atoms with Gasteiger partial charge < -0.3 is 18.9 Å². The van der Waals surface area contributed by atoms with E-state index >= 15 is 0 Å². The Hall–Kier alpha value is -2.69. The monoisotopic (exact) mass is 312 g/mol. The predicted molar refractivity (Wildman–Crippen MR) is 82.0 cm³/mol. The normalized spacial score (nSPS) is 22.0. The summed E-state index contributed by atoms with van der Waals surface area (Å²) in [7, 11) is 1.62. The molecule has 2 aliphatic rings. The van der Waals surface area contributed by atoms with E-state index in [-0.39, 0.29) is 24.6 Å². The Kier molecular flexibility index (Phi) is 3.33. The number of esters is 1. The van der Waals surface area contributed by atoms with Gasteiger partial charge in [-0.15, -0.1) is 0 Å². The van der Waals surface area contributed by atoms with Gasteiger partial charge in [0.15, 0.2) is 11.5 Å². The summed E-state index contributed by atoms with van der Waals surface area (Å²) in [5.74, 6) is 1.67. The molecule has 2 aromatic carbocycles. The number of hydrogen-bond acceptors (Lipinski definition) is 5. The third-order valence-electron chi connectivity index (χ3n) is 4.36. The first-order valence-electron chi connectivity index (χ1n) is 7.46. The molecule has 118 valence electrons. The van der Waals surface area contributed by atoms with Crippen LogP contribution < -0.4 is 14.2 Å². The summed E-state index contributed by atoms with van der Waals surface area (Å²) in [6, 6.07) is 13.3. The molecule has 0 N–H and O–H groups in total. The number of benzene rings is 2. The second-order valence-electron chi connectivity index (χ2n) is 5.60. The molecular formula is C18H16O5. The fraction of sp³-hybridized carbons (Fsp3) is 0.278. The van der Waals surface area contributed by atoms with Crippen LogP contribution in [-0.4, -0.2) is 26.5 Å². The molecule has 5 nitrogen and oxygen atoms in total. The highest BCUT2D eigenvalue weighted by atomic mass is 16.7. The maximum atomic E-state index is 12.2. The summed E-state index contributed by atoms with van der Waals surface area (Å²) in [5, 5.41) is 0. The molecule has 5 heteroatoms. The third kappa shape index (κ3) is 2.38. The topological polar surface area (TPSA) is 54.0 Å². The zero-order valence-corrected chi connectivity index (χ0v) is 12.7. The molecule has 0 bridgehead atoms. The van der Waals surface area contributed by atoms with Crippen LogP contribution in [-0.2, 0) is 9.53 Å². The van der Waals surface area contributed by atoms with E-state index in [0.29, 0.717) is 6.61 Å². The Morgan fingerprint density at radius 1 is 0.957 bits per heavy atom. The lowest BCUT2D eigenvalue weighted by Crippen LogP contribution is -2.12. The average molecular weight is 312 g/mol. The number of fused-ring (bicyclic) bond motifs is 1. The van der Waals surface area contributed by atoms with Gasteiger partial charge in [-0.05, 0) is 35.4 Å². The molecule has 0 spiro atoms. The first kappa shape index (κ1) is 13.9. The lowest BCUT2D eigenvalue weighted by molar-refractivity contribution is -0.139. The van der Waals surface area contributed by atoms with Gasteiger partial charge in [-0.1, -0.05) is 18.2 Å². The van der Waals surface area contributed by atoms with Gasteiger partial charge in [0.25, 0.3) is 0 Å². The highest BCUT2D eigenvalue weighted by Gasteiger charge is 2.39. The van der Waals surface area contributed by atoms with Crippen LogP contribution in [0.5, 0.6) is 17.2 Å². The van der Waals surface area contributed by atoms with Crippen LogP contribution in [0.15, 0.2) is 42.5 Å². The van der Waals surface area contributed by atoms with Crippen molar-refractivity contribution in [1.29, 1.82) is 0 Å². The fourth-order valence-corrected chi connectivity index (χ4v) is 3.13. The summed E-state index contributed by atoms with van der Waals surface area (Å²) >= 11 is 0. The zero-order valence-electron chi connectivity index (χ0n) is 12.7. The summed E-state index contributed by atoms with van der Waals surface area (Å²) in [6.45, 7) is 0.607. The lowest BCUT2D eigenvalue weighted by Gasteiger charge is -2.16. The van der Waals surface area contributed by atoms with E-state index in [1.165, 1.54) is 0 Å². The molecule has 0 amide bonds. The Bertz CT molecular complexity index is 738. The van der Waals surface area contributed by atoms with Crippen molar-refractivity contribution in [3.8, 4) is 17.2 Å². The molecular weight excluding hydrogens is 296 g/mol. The van der Waals surface area contributed by atoms with E-state index in [9.17, 15) is 4.79 Å². The van der Waals surface area contributed by atoms with Crippen molar-refractivity contribution in [1.82, 2.24) is 0 Å². The quantitative estimate of drug-likeness (QED) is 0.816. The second kappa shape index (κ2) is 5.50. The number of hydrogen-bond donors (Lipinski definition) is 0. The van der Waals surface area contributed by atoms with Crippen molar-refractivity contribution >= 4 is 5.97 Å². The molecule has 4 rings (SSSR count). The van der Waals surface area contributed by atoms with Gasteiger partial charge in [0, 0.05) is 5.92 Å². The van der Waals surface area contributed by atoms with Gasteiger partial charge in [0.2, 0.25) is 6.79 Å². The molecule has 0 radical (unpaired) electrons. The van der Waals surface area contributed by atoms with E-state index in [4.69, 9.17) is 18.9 Å². The molecule has 2 aromatic rings. The molecule has 2 atom stereocenters. The smallest absolute Gasteiger partial charge is 0.314 e. The number of carbonyl (C=O) groups is 1. The highest BCUT2D eigenvalue weighted by Crippen LogP contribution is 2.43. The predicted octanol–water partition coefficient (Wildman–Crippen LogP) is 2.85. The lowest BCUT2D eigenvalue weighted by atomic mass is 9.83. The van der Waals surface area contributed by atoms with Crippen molar-refractivity contribution in [3.63, 3.8) is 0 Å². The summed E-state index contributed by atoms with van der Waals surface area (Å²) in [4.78, 5) is 12.2. The number of rotatable bonds is 3. The maximum absolute atomic E-state index is 12.2. The van der Waals surface area contributed by atoms with E-state index < -0.39 is 0 Å². The van der Waals surface area contributed by atoms with Crippen molar-refractivity contribution in [3.05, 3.63) is 53.6 Å². The van der Waals surface area contributed by atoms with Crippen LogP contribution in [0.1, 0.15) is 23.0 Å². The van der Waals surface area contributed by atoms with Crippen LogP contribution in [0.25, 0.3) is 0 Å². The van der Waals surface area contributed by atoms with E-state index in [0.717, 1.165) is 28.4 Å². The minimum atomic E-state index is -0.318. The zero-order chi connectivity index (χ0) is 15.8. The number of methoxy groups -OCH3 is 1. The van der Waals surface area contributed by atoms with Gasteiger partial charge in [-0.25, -0.2) is 0 Å². The molecule has 1 saturated heterocycles. The van der Waals surface area contributed by atoms with E-state index in [1.807, 2.05) is 42.5 Å². The highest BCUT2D eigenvalue weighted by molar-refractivity contribution is 5.82. The molecule has 0 saturated carbocycles. The average Bonchev–Trinajstić information content (AvgIpc) is 3.20. The third-order valence-corrected chi connectivity index (χ3v) is 4.36. The first-order chi connectivity index (χ1) is 11.3. The van der Waals surface area contributed by atoms with Crippen LogP contribution in [0.3, 0.4) is 0 Å². The first-order valence-corrected chi connectivity index (χ1v) is 7.46. The van der Waals surface area contributed by atoms with Gasteiger partial charge in [-0.3, -0.25) is 4.79 Å². The minimum absolute atomic E-state index is 0.0367. The van der Waals surface area contributed by atoms with Gasteiger partial charge in [0.05, 0.1) is 19.6 Å². The molecule has 0 aliphatic carbocycles. The molecule has 0 aromatic heterocycles. The number of cyclic esters (lactones) is 1. The van der Waals surface area contributed by atoms with E-state index in [2.05, 4.69) is 0 Å². The van der Waals surface area contributed by atoms with Crippen molar-refractivity contribution in [2.24, 2.45) is 0 Å². The molecule has 0 unspecified atom stereocenters. The Morgan fingerprint density at radius 2 is 1.70 bits per heavy atom. The van der Waals surface area contributed by atoms with Gasteiger partial charge in [0.1, 0.15) is 5.75 Å². The standard InChI is InChI=1S/C18H16O5/c1-20-13-5-2-11(3-6-13)17-14(9-21-18(17)19)12-4-7-15-16(8-12)23-10-22-15/h2-8,14,17H,9-10H2,1H3/t14-,17-/m0/s1. The van der Waals surface area contributed by atoms with Gasteiger partial charge in [-0.2, -0.15) is 0 Å². The molecule has 2 heterocycles.